The van der Waals surface area contributed by atoms with Crippen molar-refractivity contribution in [2.45, 2.75) is 52.0 Å². The molecule has 0 saturated heterocycles. The Balaban J connectivity index is 1.64. The van der Waals surface area contributed by atoms with E-state index in [9.17, 15) is 0 Å². The molecule has 1 N–H and O–H groups in total. The molecule has 0 spiro atoms. The van der Waals surface area contributed by atoms with E-state index in [1.807, 2.05) is 0 Å². The molecule has 2 heteroatoms. The number of aryl methyl sites for hydroxylation is 1. The van der Waals surface area contributed by atoms with Crippen LogP contribution < -0.4 is 5.32 Å². The first kappa shape index (κ1) is 15.5. The Hall–Kier alpha value is -0.860. The van der Waals surface area contributed by atoms with Crippen LogP contribution in [0.2, 0.25) is 0 Å². The van der Waals surface area contributed by atoms with Crippen molar-refractivity contribution in [3.05, 3.63) is 35.4 Å². The van der Waals surface area contributed by atoms with Crippen molar-refractivity contribution in [2.24, 2.45) is 5.92 Å². The summed E-state index contributed by atoms with van der Waals surface area (Å²) in [5.41, 5.74) is 2.82. The highest BCUT2D eigenvalue weighted by atomic mass is 16.5. The predicted octanol–water partition coefficient (Wildman–Crippen LogP) is 4.11. The van der Waals surface area contributed by atoms with E-state index < -0.39 is 0 Å². The summed E-state index contributed by atoms with van der Waals surface area (Å²) in [4.78, 5) is 0. The highest BCUT2D eigenvalue weighted by molar-refractivity contribution is 5.24. The summed E-state index contributed by atoms with van der Waals surface area (Å²) in [6.07, 6.45) is 6.11. The third kappa shape index (κ3) is 5.26. The van der Waals surface area contributed by atoms with Crippen LogP contribution in [0.3, 0.4) is 0 Å². The van der Waals surface area contributed by atoms with Gasteiger partial charge in [0, 0.05) is 19.3 Å². The summed E-state index contributed by atoms with van der Waals surface area (Å²) in [7, 11) is 0. The van der Waals surface area contributed by atoms with E-state index in [1.54, 1.807) is 0 Å². The molecule has 1 aromatic rings. The minimum atomic E-state index is 0.476. The van der Waals surface area contributed by atoms with E-state index in [4.69, 9.17) is 4.74 Å². The van der Waals surface area contributed by atoms with E-state index in [-0.39, 0.29) is 0 Å². The molecule has 1 atom stereocenters. The van der Waals surface area contributed by atoms with Crippen LogP contribution in [-0.2, 0) is 11.2 Å². The van der Waals surface area contributed by atoms with Crippen LogP contribution in [0, 0.1) is 5.92 Å². The van der Waals surface area contributed by atoms with E-state index in [2.05, 4.69) is 43.4 Å². The smallest absolute Gasteiger partial charge is 0.0494 e. The molecule has 1 aromatic carbocycles. The Bertz CT molecular complexity index is 370. The number of hydrogen-bond acceptors (Lipinski definition) is 2. The number of nitrogens with one attached hydrogen (secondary N) is 1. The van der Waals surface area contributed by atoms with Crippen molar-refractivity contribution in [1.82, 2.24) is 5.32 Å². The molecule has 1 unspecified atom stereocenters. The molecule has 1 saturated carbocycles. The normalized spacial score (nSPS) is 16.3. The summed E-state index contributed by atoms with van der Waals surface area (Å²) in [5, 5.41) is 3.65. The van der Waals surface area contributed by atoms with Crippen molar-refractivity contribution >= 4 is 0 Å². The maximum Gasteiger partial charge on any atom is 0.0494 e. The Morgan fingerprint density at radius 2 is 1.95 bits per heavy atom. The number of benzene rings is 1. The van der Waals surface area contributed by atoms with Gasteiger partial charge in [-0.2, -0.15) is 0 Å². The van der Waals surface area contributed by atoms with Crippen molar-refractivity contribution in [3.8, 4) is 0 Å². The zero-order valence-electron chi connectivity index (χ0n) is 13.0. The quantitative estimate of drug-likeness (QED) is 0.649. The highest BCUT2D eigenvalue weighted by Gasteiger charge is 2.20. The average molecular weight is 275 g/mol. The minimum absolute atomic E-state index is 0.476. The predicted molar refractivity (Wildman–Crippen MR) is 85.0 cm³/mol. The van der Waals surface area contributed by atoms with E-state index in [0.717, 1.165) is 44.9 Å². The fraction of sp³-hybridized carbons (Fsp3) is 0.667. The van der Waals surface area contributed by atoms with Crippen LogP contribution >= 0.6 is 0 Å². The van der Waals surface area contributed by atoms with Gasteiger partial charge in [0.2, 0.25) is 0 Å². The molecule has 0 amide bonds. The molecular formula is C18H29NO. The lowest BCUT2D eigenvalue weighted by atomic mass is 10.0. The molecule has 0 aromatic heterocycles. The van der Waals surface area contributed by atoms with Gasteiger partial charge in [0.1, 0.15) is 0 Å². The van der Waals surface area contributed by atoms with E-state index in [0.29, 0.717) is 6.04 Å². The molecule has 0 heterocycles. The van der Waals surface area contributed by atoms with Crippen molar-refractivity contribution < 1.29 is 4.74 Å². The summed E-state index contributed by atoms with van der Waals surface area (Å²) in [6.45, 7) is 7.37. The summed E-state index contributed by atoms with van der Waals surface area (Å²) < 4.78 is 5.67. The molecular weight excluding hydrogens is 246 g/mol. The fourth-order valence-corrected chi connectivity index (χ4v) is 2.47. The first-order valence-electron chi connectivity index (χ1n) is 8.23. The third-order valence-electron chi connectivity index (χ3n) is 4.11. The number of rotatable bonds is 10. The van der Waals surface area contributed by atoms with Gasteiger partial charge in [-0.25, -0.2) is 0 Å². The van der Waals surface area contributed by atoms with Crippen LogP contribution in [0.1, 0.15) is 56.7 Å². The van der Waals surface area contributed by atoms with Gasteiger partial charge in [-0.05, 0) is 55.7 Å². The van der Waals surface area contributed by atoms with Crippen LogP contribution in [-0.4, -0.2) is 19.8 Å². The van der Waals surface area contributed by atoms with E-state index >= 15 is 0 Å². The zero-order valence-corrected chi connectivity index (χ0v) is 13.0. The van der Waals surface area contributed by atoms with Gasteiger partial charge < -0.3 is 10.1 Å². The van der Waals surface area contributed by atoms with Crippen LogP contribution in [0.4, 0.5) is 0 Å². The zero-order chi connectivity index (χ0) is 14.2. The van der Waals surface area contributed by atoms with Crippen molar-refractivity contribution in [3.63, 3.8) is 0 Å². The first-order valence-corrected chi connectivity index (χ1v) is 8.23. The lowest BCUT2D eigenvalue weighted by molar-refractivity contribution is 0.121. The second kappa shape index (κ2) is 8.43. The molecule has 20 heavy (non-hydrogen) atoms. The van der Waals surface area contributed by atoms with Gasteiger partial charge in [0.15, 0.2) is 0 Å². The SMILES string of the molecule is CCc1ccc(C(CC)NCCCOCC2CC2)cc1. The maximum absolute atomic E-state index is 5.67. The minimum Gasteiger partial charge on any atom is -0.381 e. The van der Waals surface area contributed by atoms with Gasteiger partial charge >= 0.3 is 0 Å². The Morgan fingerprint density at radius 1 is 1.20 bits per heavy atom. The second-order valence-electron chi connectivity index (χ2n) is 5.88. The van der Waals surface area contributed by atoms with Gasteiger partial charge in [0.25, 0.3) is 0 Å². The van der Waals surface area contributed by atoms with Gasteiger partial charge in [-0.15, -0.1) is 0 Å². The summed E-state index contributed by atoms with van der Waals surface area (Å²) >= 11 is 0. The van der Waals surface area contributed by atoms with Crippen LogP contribution in [0.15, 0.2) is 24.3 Å². The molecule has 1 fully saturated rings. The molecule has 2 nitrogen and oxygen atoms in total. The largest absolute Gasteiger partial charge is 0.381 e. The Morgan fingerprint density at radius 3 is 2.55 bits per heavy atom. The maximum atomic E-state index is 5.67. The lowest BCUT2D eigenvalue weighted by Crippen LogP contribution is -2.23. The molecule has 112 valence electrons. The topological polar surface area (TPSA) is 21.3 Å². The Labute approximate surface area is 123 Å². The molecule has 0 aliphatic heterocycles. The van der Waals surface area contributed by atoms with Crippen molar-refractivity contribution in [2.75, 3.05) is 19.8 Å². The number of ether oxygens (including phenoxy) is 1. The fourth-order valence-electron chi connectivity index (χ4n) is 2.47. The summed E-state index contributed by atoms with van der Waals surface area (Å²) in [6, 6.07) is 9.51. The monoisotopic (exact) mass is 275 g/mol. The average Bonchev–Trinajstić information content (AvgIpc) is 3.31. The van der Waals surface area contributed by atoms with Gasteiger partial charge in [-0.1, -0.05) is 38.1 Å². The third-order valence-corrected chi connectivity index (χ3v) is 4.11. The van der Waals surface area contributed by atoms with E-state index in [1.165, 1.54) is 24.0 Å². The van der Waals surface area contributed by atoms with Gasteiger partial charge in [0.05, 0.1) is 0 Å². The first-order chi connectivity index (χ1) is 9.83. The highest BCUT2D eigenvalue weighted by Crippen LogP contribution is 2.28. The molecule has 2 rings (SSSR count). The van der Waals surface area contributed by atoms with Crippen LogP contribution in [0.5, 0.6) is 0 Å². The molecule has 0 bridgehead atoms. The lowest BCUT2D eigenvalue weighted by Gasteiger charge is -2.18. The molecule has 1 aliphatic carbocycles. The Kier molecular flexibility index (Phi) is 6.55. The van der Waals surface area contributed by atoms with Crippen molar-refractivity contribution in [1.29, 1.82) is 0 Å². The number of hydrogen-bond donors (Lipinski definition) is 1. The second-order valence-corrected chi connectivity index (χ2v) is 5.88. The van der Waals surface area contributed by atoms with Crippen LogP contribution in [0.25, 0.3) is 0 Å². The standard InChI is InChI=1S/C18H29NO/c1-3-15-8-10-17(11-9-15)18(4-2)19-12-5-13-20-14-16-6-7-16/h8-11,16,18-19H,3-7,12-14H2,1-2H3. The molecule has 0 radical (unpaired) electrons. The summed E-state index contributed by atoms with van der Waals surface area (Å²) in [5.74, 6) is 0.878. The molecule has 1 aliphatic rings. The van der Waals surface area contributed by atoms with Gasteiger partial charge in [-0.3, -0.25) is 0 Å².